The van der Waals surface area contributed by atoms with Gasteiger partial charge in [0.1, 0.15) is 23.2 Å². The molecular weight excluding hydrogens is 404 g/mol. The predicted octanol–water partition coefficient (Wildman–Crippen LogP) is 3.30. The van der Waals surface area contributed by atoms with Crippen LogP contribution in [-0.2, 0) is 11.3 Å². The number of esters is 1. The van der Waals surface area contributed by atoms with E-state index in [2.05, 4.69) is 9.98 Å². The second-order valence-electron chi connectivity index (χ2n) is 6.15. The lowest BCUT2D eigenvalue weighted by Crippen LogP contribution is -2.23. The Morgan fingerprint density at radius 1 is 1.17 bits per heavy atom. The van der Waals surface area contributed by atoms with E-state index in [9.17, 15) is 18.4 Å². The minimum Gasteiger partial charge on any atom is -0.464 e. The van der Waals surface area contributed by atoms with Gasteiger partial charge < -0.3 is 4.74 Å². The van der Waals surface area contributed by atoms with E-state index in [-0.39, 0.29) is 34.9 Å². The molecule has 0 bridgehead atoms. The molecule has 2 aromatic carbocycles. The first-order chi connectivity index (χ1) is 13.9. The average Bonchev–Trinajstić information content (AvgIpc) is 2.84. The minimum atomic E-state index is -0.809. The van der Waals surface area contributed by atoms with Crippen molar-refractivity contribution in [1.82, 2.24) is 9.55 Å². The van der Waals surface area contributed by atoms with Gasteiger partial charge in [-0.25, -0.2) is 13.6 Å². The summed E-state index contributed by atoms with van der Waals surface area (Å²) in [7, 11) is 1.18. The van der Waals surface area contributed by atoms with E-state index in [4.69, 9.17) is 16.3 Å². The first-order valence-electron chi connectivity index (χ1n) is 8.41. The third-order valence-corrected chi connectivity index (χ3v) is 4.66. The van der Waals surface area contributed by atoms with Gasteiger partial charge in [0.15, 0.2) is 0 Å². The van der Waals surface area contributed by atoms with Crippen LogP contribution in [0, 0.1) is 11.6 Å². The zero-order valence-corrected chi connectivity index (χ0v) is 15.7. The largest absolute Gasteiger partial charge is 0.464 e. The summed E-state index contributed by atoms with van der Waals surface area (Å²) in [5, 5.41) is 0.297. The maximum Gasteiger partial charge on any atom is 0.355 e. The topological polar surface area (TPSA) is 73.6 Å². The van der Waals surface area contributed by atoms with Gasteiger partial charge in [0.05, 0.1) is 30.6 Å². The molecule has 0 aliphatic carbocycles. The molecule has 146 valence electrons. The molecule has 6 nitrogen and oxygen atoms in total. The second kappa shape index (κ2) is 7.21. The molecule has 0 N–H and O–H groups in total. The maximum atomic E-state index is 14.5. The molecule has 0 unspecified atom stereocenters. The number of carbonyl (C=O) groups excluding carboxylic acids is 1. The molecule has 1 aromatic heterocycles. The molecule has 0 saturated carbocycles. The number of fused-ring (bicyclic) bond motifs is 3. The van der Waals surface area contributed by atoms with Crippen molar-refractivity contribution in [2.24, 2.45) is 4.99 Å². The van der Waals surface area contributed by atoms with Gasteiger partial charge in [-0.05, 0) is 30.3 Å². The Bertz CT molecular complexity index is 1230. The van der Waals surface area contributed by atoms with Crippen molar-refractivity contribution in [2.45, 2.75) is 6.54 Å². The molecular formula is C20H12ClF2N3O3. The van der Waals surface area contributed by atoms with E-state index >= 15 is 0 Å². The van der Waals surface area contributed by atoms with E-state index in [1.165, 1.54) is 23.8 Å². The van der Waals surface area contributed by atoms with Crippen molar-refractivity contribution >= 4 is 23.3 Å². The summed E-state index contributed by atoms with van der Waals surface area (Å²) >= 11 is 6.14. The number of hydrogen-bond acceptors (Lipinski definition) is 5. The fraction of sp³-hybridized carbons (Fsp3) is 0.100. The highest BCUT2D eigenvalue weighted by atomic mass is 35.5. The normalized spacial score (nSPS) is 12.5. The van der Waals surface area contributed by atoms with Gasteiger partial charge in [-0.3, -0.25) is 14.4 Å². The van der Waals surface area contributed by atoms with E-state index in [0.717, 1.165) is 18.2 Å². The van der Waals surface area contributed by atoms with Crippen molar-refractivity contribution in [3.63, 3.8) is 0 Å². The Labute approximate surface area is 168 Å². The first-order valence-corrected chi connectivity index (χ1v) is 8.79. The third-order valence-electron chi connectivity index (χ3n) is 4.43. The quantitative estimate of drug-likeness (QED) is 0.602. The number of benzene rings is 2. The van der Waals surface area contributed by atoms with Crippen molar-refractivity contribution in [3.05, 3.63) is 92.1 Å². The highest BCUT2D eigenvalue weighted by Gasteiger charge is 2.27. The van der Waals surface area contributed by atoms with Crippen LogP contribution in [0.3, 0.4) is 0 Å². The van der Waals surface area contributed by atoms with Gasteiger partial charge in [0.25, 0.3) is 5.56 Å². The van der Waals surface area contributed by atoms with Crippen molar-refractivity contribution in [1.29, 1.82) is 0 Å². The van der Waals surface area contributed by atoms with Crippen LogP contribution in [0.1, 0.15) is 27.4 Å². The molecule has 0 saturated heterocycles. The number of carbonyl (C=O) groups is 1. The van der Waals surface area contributed by atoms with E-state index in [1.54, 1.807) is 12.1 Å². The van der Waals surface area contributed by atoms with Crippen LogP contribution >= 0.6 is 11.6 Å². The lowest BCUT2D eigenvalue weighted by atomic mass is 9.99. The van der Waals surface area contributed by atoms with Crippen molar-refractivity contribution < 1.29 is 18.3 Å². The van der Waals surface area contributed by atoms with Gasteiger partial charge in [-0.15, -0.1) is 0 Å². The Hall–Kier alpha value is -3.39. The molecule has 4 rings (SSSR count). The van der Waals surface area contributed by atoms with Gasteiger partial charge in [0, 0.05) is 16.7 Å². The smallest absolute Gasteiger partial charge is 0.355 e. The monoisotopic (exact) mass is 415 g/mol. The molecule has 0 fully saturated rings. The number of hydrogen-bond donors (Lipinski definition) is 0. The summed E-state index contributed by atoms with van der Waals surface area (Å²) in [5.41, 5.74) is -0.496. The Morgan fingerprint density at radius 3 is 2.59 bits per heavy atom. The number of rotatable bonds is 2. The maximum absolute atomic E-state index is 14.5. The van der Waals surface area contributed by atoms with Gasteiger partial charge in [-0.1, -0.05) is 17.7 Å². The van der Waals surface area contributed by atoms with Crippen LogP contribution < -0.4 is 5.56 Å². The summed E-state index contributed by atoms with van der Waals surface area (Å²) in [5.74, 6) is -2.27. The molecule has 29 heavy (non-hydrogen) atoms. The summed E-state index contributed by atoms with van der Waals surface area (Å²) in [4.78, 5) is 32.5. The molecule has 1 aliphatic rings. The Morgan fingerprint density at radius 2 is 1.90 bits per heavy atom. The van der Waals surface area contributed by atoms with E-state index < -0.39 is 23.2 Å². The lowest BCUT2D eigenvalue weighted by Gasteiger charge is -2.17. The van der Waals surface area contributed by atoms with Crippen LogP contribution in [0.2, 0.25) is 5.02 Å². The Kier molecular flexibility index (Phi) is 4.71. The van der Waals surface area contributed by atoms with E-state index in [1.807, 2.05) is 0 Å². The Balaban J connectivity index is 2.09. The second-order valence-corrected chi connectivity index (χ2v) is 6.58. The van der Waals surface area contributed by atoms with Crippen LogP contribution in [0.5, 0.6) is 0 Å². The summed E-state index contributed by atoms with van der Waals surface area (Å²) in [6.07, 6.45) is 0. The number of ether oxygens (including phenoxy) is 1. The number of halogens is 3. The summed E-state index contributed by atoms with van der Waals surface area (Å²) in [6, 6.07) is 9.09. The first kappa shape index (κ1) is 18.9. The number of aliphatic imine (C=N–C) groups is 1. The SMILES string of the molecule is COC(=O)c1cc(=O)nc2n1-c1ccc(Cl)cc1C(c1c(F)cccc1F)=NC2. The number of nitrogens with zero attached hydrogens (tertiary/aromatic N) is 3. The lowest BCUT2D eigenvalue weighted by molar-refractivity contribution is 0.0589. The van der Waals surface area contributed by atoms with Gasteiger partial charge >= 0.3 is 5.97 Å². The predicted molar refractivity (Wildman–Crippen MR) is 102 cm³/mol. The van der Waals surface area contributed by atoms with Gasteiger partial charge in [0.2, 0.25) is 0 Å². The summed E-state index contributed by atoms with van der Waals surface area (Å²) < 4.78 is 35.2. The molecule has 3 aromatic rings. The van der Waals surface area contributed by atoms with Gasteiger partial charge in [-0.2, -0.15) is 4.98 Å². The van der Waals surface area contributed by atoms with Crippen LogP contribution in [0.4, 0.5) is 8.78 Å². The third kappa shape index (κ3) is 3.21. The molecule has 1 aliphatic heterocycles. The molecule has 0 radical (unpaired) electrons. The van der Waals surface area contributed by atoms with Crippen LogP contribution in [0.15, 0.2) is 52.3 Å². The highest BCUT2D eigenvalue weighted by molar-refractivity contribution is 6.31. The molecule has 9 heteroatoms. The van der Waals surface area contributed by atoms with Crippen LogP contribution in [0.25, 0.3) is 5.69 Å². The zero-order valence-electron chi connectivity index (χ0n) is 14.9. The average molecular weight is 416 g/mol. The highest BCUT2D eigenvalue weighted by Crippen LogP contribution is 2.29. The fourth-order valence-corrected chi connectivity index (χ4v) is 3.40. The van der Waals surface area contributed by atoms with Crippen molar-refractivity contribution in [3.8, 4) is 5.69 Å². The zero-order chi connectivity index (χ0) is 20.7. The molecule has 0 atom stereocenters. The van der Waals surface area contributed by atoms with Crippen molar-refractivity contribution in [2.75, 3.05) is 7.11 Å². The number of methoxy groups -OCH3 is 1. The summed E-state index contributed by atoms with van der Waals surface area (Å²) in [6.45, 7) is -0.199. The van der Waals surface area contributed by atoms with Crippen LogP contribution in [-0.4, -0.2) is 28.3 Å². The molecule has 0 amide bonds. The standard InChI is InChI=1S/C20H12ClF2N3O3/c1-29-20(28)15-8-17(27)25-16-9-24-19(18-12(22)3-2-4-13(18)23)11-7-10(21)5-6-14(11)26(15)16/h2-8H,9H2,1H3. The molecule has 2 heterocycles. The fourth-order valence-electron chi connectivity index (χ4n) is 3.23. The van der Waals surface area contributed by atoms with E-state index in [0.29, 0.717) is 10.7 Å². The number of aromatic nitrogens is 2. The molecule has 0 spiro atoms. The minimum absolute atomic E-state index is 0.00753.